The van der Waals surface area contributed by atoms with E-state index in [2.05, 4.69) is 47.7 Å². The van der Waals surface area contributed by atoms with Gasteiger partial charge in [0.2, 0.25) is 0 Å². The molecule has 2 amide bonds. The fourth-order valence-corrected chi connectivity index (χ4v) is 4.39. The molecule has 202 valence electrons. The fraction of sp³-hybridized carbons (Fsp3) is 0.115. The highest BCUT2D eigenvalue weighted by Gasteiger charge is 2.19. The summed E-state index contributed by atoms with van der Waals surface area (Å²) in [7, 11) is 3.77. The van der Waals surface area contributed by atoms with Crippen LogP contribution < -0.4 is 15.6 Å². The number of non-ortho nitro benzene ring substituents is 1. The van der Waals surface area contributed by atoms with Gasteiger partial charge in [-0.25, -0.2) is 5.43 Å². The Kier molecular flexibility index (Phi) is 9.43. The molecule has 4 N–H and O–H groups in total. The molecule has 0 bridgehead atoms. The van der Waals surface area contributed by atoms with Gasteiger partial charge in [-0.15, -0.1) is 0 Å². The number of anilines is 1. The highest BCUT2D eigenvalue weighted by Crippen LogP contribution is 2.43. The minimum atomic E-state index is -0.771. The summed E-state index contributed by atoms with van der Waals surface area (Å²) < 4.78 is 0.377. The van der Waals surface area contributed by atoms with E-state index in [9.17, 15) is 29.9 Å². The lowest BCUT2D eigenvalue weighted by Gasteiger charge is -2.13. The van der Waals surface area contributed by atoms with Gasteiger partial charge in [-0.2, -0.15) is 5.10 Å². The Morgan fingerprint density at radius 2 is 1.62 bits per heavy atom. The number of amides is 2. The SMILES string of the molecule is Cc1c(Br)c(O)c(Br)c(O)c1/C=N/NC(=O)/C(=C\c1ccc(N(C)C)cc1)NC(=O)c1ccc([N+](=O)[O-])cc1. The van der Waals surface area contributed by atoms with Gasteiger partial charge in [-0.3, -0.25) is 19.7 Å². The van der Waals surface area contributed by atoms with Crippen LogP contribution in [0.25, 0.3) is 6.08 Å². The average Bonchev–Trinajstić information content (AvgIpc) is 2.92. The number of rotatable bonds is 8. The third-order valence-electron chi connectivity index (χ3n) is 5.53. The molecule has 0 aliphatic heterocycles. The topological polar surface area (TPSA) is 157 Å². The maximum atomic E-state index is 13.1. The lowest BCUT2D eigenvalue weighted by Crippen LogP contribution is -2.32. The minimum Gasteiger partial charge on any atom is -0.506 e. The summed E-state index contributed by atoms with van der Waals surface area (Å²) in [5.41, 5.74) is 4.32. The van der Waals surface area contributed by atoms with Crippen molar-refractivity contribution in [1.29, 1.82) is 0 Å². The number of nitro benzene ring substituents is 1. The number of nitro groups is 1. The number of aromatic hydroxyl groups is 2. The first-order valence-corrected chi connectivity index (χ1v) is 12.8. The van der Waals surface area contributed by atoms with E-state index < -0.39 is 16.7 Å². The molecule has 3 aromatic carbocycles. The molecule has 0 saturated carbocycles. The molecule has 11 nitrogen and oxygen atoms in total. The summed E-state index contributed by atoms with van der Waals surface area (Å²) in [6.07, 6.45) is 2.64. The second kappa shape index (κ2) is 12.5. The van der Waals surface area contributed by atoms with Crippen molar-refractivity contribution >= 4 is 67.3 Å². The Morgan fingerprint density at radius 1 is 1.00 bits per heavy atom. The Labute approximate surface area is 240 Å². The maximum Gasteiger partial charge on any atom is 0.287 e. The van der Waals surface area contributed by atoms with Crippen molar-refractivity contribution in [1.82, 2.24) is 10.7 Å². The number of nitrogens with one attached hydrogen (secondary N) is 2. The Hall–Kier alpha value is -4.23. The van der Waals surface area contributed by atoms with Gasteiger partial charge in [0.25, 0.3) is 17.5 Å². The summed E-state index contributed by atoms with van der Waals surface area (Å²) in [4.78, 5) is 38.1. The molecule has 3 aromatic rings. The summed E-state index contributed by atoms with van der Waals surface area (Å²) in [6.45, 7) is 1.63. The summed E-state index contributed by atoms with van der Waals surface area (Å²) >= 11 is 6.33. The van der Waals surface area contributed by atoms with E-state index in [1.165, 1.54) is 36.6 Å². The minimum absolute atomic E-state index is 0.0462. The van der Waals surface area contributed by atoms with E-state index in [0.29, 0.717) is 15.6 Å². The van der Waals surface area contributed by atoms with E-state index in [4.69, 9.17) is 0 Å². The van der Waals surface area contributed by atoms with Crippen LogP contribution in [0.15, 0.2) is 68.3 Å². The molecule has 0 aliphatic rings. The van der Waals surface area contributed by atoms with Gasteiger partial charge in [-0.1, -0.05) is 12.1 Å². The van der Waals surface area contributed by atoms with Crippen molar-refractivity contribution in [2.24, 2.45) is 5.10 Å². The molecule has 0 heterocycles. The van der Waals surface area contributed by atoms with Crippen molar-refractivity contribution in [2.45, 2.75) is 6.92 Å². The second-order valence-electron chi connectivity index (χ2n) is 8.37. The fourth-order valence-electron chi connectivity index (χ4n) is 3.30. The number of carbonyl (C=O) groups is 2. The first-order chi connectivity index (χ1) is 18.4. The number of hydrazone groups is 1. The maximum absolute atomic E-state index is 13.1. The van der Waals surface area contributed by atoms with Gasteiger partial charge >= 0.3 is 0 Å². The van der Waals surface area contributed by atoms with Crippen LogP contribution in [0.4, 0.5) is 11.4 Å². The molecule has 0 fully saturated rings. The largest absolute Gasteiger partial charge is 0.506 e. The van der Waals surface area contributed by atoms with E-state index in [1.807, 2.05) is 31.1 Å². The lowest BCUT2D eigenvalue weighted by atomic mass is 10.1. The standard InChI is InChI=1S/C26H23Br2N5O6/c1-14-19(23(34)22(28)24(35)21(14)27)13-29-31-26(37)20(12-15-4-8-17(9-5-15)32(2)3)30-25(36)16-6-10-18(11-7-16)33(38)39/h4-13,34-35H,1-3H3,(H,30,36)(H,31,37)/b20-12+,29-13+. The van der Waals surface area contributed by atoms with E-state index >= 15 is 0 Å². The average molecular weight is 661 g/mol. The summed E-state index contributed by atoms with van der Waals surface area (Å²) in [6, 6.07) is 12.1. The van der Waals surface area contributed by atoms with E-state index in [1.54, 1.807) is 19.1 Å². The number of phenols is 2. The molecule has 3 rings (SSSR count). The van der Waals surface area contributed by atoms with Crippen LogP contribution in [0.2, 0.25) is 0 Å². The number of benzene rings is 3. The zero-order valence-electron chi connectivity index (χ0n) is 20.9. The number of halogens is 2. The van der Waals surface area contributed by atoms with E-state index in [-0.39, 0.29) is 38.5 Å². The molecule has 0 atom stereocenters. The molecular formula is C26H23Br2N5O6. The molecule has 13 heteroatoms. The first-order valence-electron chi connectivity index (χ1n) is 11.2. The Morgan fingerprint density at radius 3 is 2.18 bits per heavy atom. The molecular weight excluding hydrogens is 638 g/mol. The van der Waals surface area contributed by atoms with Crippen molar-refractivity contribution in [2.75, 3.05) is 19.0 Å². The lowest BCUT2D eigenvalue weighted by molar-refractivity contribution is -0.384. The molecule has 39 heavy (non-hydrogen) atoms. The van der Waals surface area contributed by atoms with Gasteiger partial charge < -0.3 is 20.4 Å². The van der Waals surface area contributed by atoms with Crippen LogP contribution in [0.3, 0.4) is 0 Å². The number of phenolic OH excluding ortho intramolecular Hbond substituents is 2. The zero-order valence-corrected chi connectivity index (χ0v) is 24.1. The van der Waals surface area contributed by atoms with Crippen LogP contribution in [0, 0.1) is 17.0 Å². The van der Waals surface area contributed by atoms with Gasteiger partial charge in [0.05, 0.1) is 15.6 Å². The quantitative estimate of drug-likeness (QED) is 0.117. The van der Waals surface area contributed by atoms with Gasteiger partial charge in [0.15, 0.2) is 0 Å². The normalized spacial score (nSPS) is 11.4. The van der Waals surface area contributed by atoms with E-state index in [0.717, 1.165) is 5.69 Å². The highest BCUT2D eigenvalue weighted by atomic mass is 79.9. The molecule has 0 unspecified atom stereocenters. The Bertz CT molecular complexity index is 1460. The first kappa shape index (κ1) is 29.3. The second-order valence-corrected chi connectivity index (χ2v) is 9.95. The van der Waals surface area contributed by atoms with Gasteiger partial charge in [0.1, 0.15) is 21.7 Å². The van der Waals surface area contributed by atoms with Crippen LogP contribution in [-0.2, 0) is 4.79 Å². The van der Waals surface area contributed by atoms with Crippen LogP contribution >= 0.6 is 31.9 Å². The van der Waals surface area contributed by atoms with Crippen LogP contribution in [-0.4, -0.2) is 47.3 Å². The monoisotopic (exact) mass is 659 g/mol. The summed E-state index contributed by atoms with van der Waals surface area (Å²) in [5, 5.41) is 37.7. The Balaban J connectivity index is 1.90. The number of hydrogen-bond donors (Lipinski definition) is 4. The van der Waals surface area contributed by atoms with Gasteiger partial charge in [-0.05, 0) is 80.3 Å². The number of nitrogens with zero attached hydrogens (tertiary/aromatic N) is 3. The molecule has 0 spiro atoms. The third-order valence-corrected chi connectivity index (χ3v) is 7.25. The van der Waals surface area contributed by atoms with Crippen molar-refractivity contribution in [3.63, 3.8) is 0 Å². The zero-order chi connectivity index (χ0) is 28.9. The number of hydrogen-bond acceptors (Lipinski definition) is 8. The smallest absolute Gasteiger partial charge is 0.287 e. The van der Waals surface area contributed by atoms with Crippen LogP contribution in [0.1, 0.15) is 27.0 Å². The molecule has 0 aliphatic carbocycles. The van der Waals surface area contributed by atoms with Crippen molar-refractivity contribution in [3.05, 3.63) is 95.5 Å². The highest BCUT2D eigenvalue weighted by molar-refractivity contribution is 9.11. The third kappa shape index (κ3) is 7.00. The predicted octanol–water partition coefficient (Wildman–Crippen LogP) is 4.83. The van der Waals surface area contributed by atoms with Crippen molar-refractivity contribution < 1.29 is 24.7 Å². The molecule has 0 aromatic heterocycles. The number of carbonyl (C=O) groups excluding carboxylic acids is 2. The molecule has 0 saturated heterocycles. The van der Waals surface area contributed by atoms with Gasteiger partial charge in [0, 0.05) is 43.0 Å². The molecule has 0 radical (unpaired) electrons. The summed E-state index contributed by atoms with van der Waals surface area (Å²) in [5.74, 6) is -1.91. The predicted molar refractivity (Wildman–Crippen MR) is 155 cm³/mol. The van der Waals surface area contributed by atoms with Crippen LogP contribution in [0.5, 0.6) is 11.5 Å². The van der Waals surface area contributed by atoms with Crippen molar-refractivity contribution in [3.8, 4) is 11.5 Å².